The average Bonchev–Trinajstić information content (AvgIpc) is 2.91. The number of hydrogen-bond acceptors (Lipinski definition) is 1. The summed E-state index contributed by atoms with van der Waals surface area (Å²) in [6.07, 6.45) is 32.5. The Morgan fingerprint density at radius 1 is 0.550 bits per heavy atom. The zero-order valence-corrected chi connectivity index (χ0v) is 28.2. The lowest BCUT2D eigenvalue weighted by Crippen LogP contribution is -2.32. The van der Waals surface area contributed by atoms with Gasteiger partial charge < -0.3 is 5.11 Å². The highest BCUT2D eigenvalue weighted by atomic mass is 31.0. The van der Waals surface area contributed by atoms with Gasteiger partial charge in [0.15, 0.2) is 0 Å². The molecule has 0 aliphatic rings. The van der Waals surface area contributed by atoms with Crippen molar-refractivity contribution in [2.45, 2.75) is 206 Å². The number of rotatable bonds is 27. The highest BCUT2D eigenvalue weighted by molar-refractivity contribution is 7.19. The predicted octanol–water partition coefficient (Wildman–Crippen LogP) is 13.1. The zero-order chi connectivity index (χ0) is 30.5. The van der Waals surface area contributed by atoms with E-state index in [1.807, 2.05) is 0 Å². The molecular formula is C34H68F3O2P. The van der Waals surface area contributed by atoms with Gasteiger partial charge in [-0.15, -0.1) is 9.24 Å². The number of carboxylic acid groups (broad SMARTS) is 1. The fourth-order valence-corrected chi connectivity index (χ4v) is 6.45. The van der Waals surface area contributed by atoms with Crippen molar-refractivity contribution >= 4 is 15.2 Å². The molecule has 0 spiro atoms. The van der Waals surface area contributed by atoms with E-state index in [1.165, 1.54) is 167 Å². The quantitative estimate of drug-likeness (QED) is 0.0756. The molecule has 0 bridgehead atoms. The van der Waals surface area contributed by atoms with Crippen LogP contribution in [0.25, 0.3) is 0 Å². The molecule has 2 unspecified atom stereocenters. The van der Waals surface area contributed by atoms with Gasteiger partial charge in [-0.3, -0.25) is 0 Å². The summed E-state index contributed by atoms with van der Waals surface area (Å²) in [5.41, 5.74) is 0. The van der Waals surface area contributed by atoms with E-state index in [0.29, 0.717) is 5.16 Å². The first-order valence-corrected chi connectivity index (χ1v) is 17.8. The standard InChI is InChI=1S/C32H67P.C2HF3O2/c1-5-9-13-17-18-19-20-21-22-24-28-31(27-23-14-10-6-2)32(33,29-25-15-11-7-3)30-26-16-12-8-4;3-2(4,5)1(6)7/h31H,5-30,33H2,1-4H3;(H,6,7). The minimum atomic E-state index is -5.08. The van der Waals surface area contributed by atoms with Gasteiger partial charge in [-0.1, -0.05) is 169 Å². The maximum Gasteiger partial charge on any atom is 0.490 e. The summed E-state index contributed by atoms with van der Waals surface area (Å²) in [6.45, 7) is 9.36. The summed E-state index contributed by atoms with van der Waals surface area (Å²) < 4.78 is 31.7. The Morgan fingerprint density at radius 2 is 0.800 bits per heavy atom. The van der Waals surface area contributed by atoms with Crippen LogP contribution in [-0.4, -0.2) is 22.4 Å². The molecule has 2 nitrogen and oxygen atoms in total. The van der Waals surface area contributed by atoms with Gasteiger partial charge in [0.05, 0.1) is 0 Å². The number of halogens is 3. The molecule has 0 aromatic heterocycles. The fourth-order valence-electron chi connectivity index (χ4n) is 5.71. The van der Waals surface area contributed by atoms with Gasteiger partial charge in [0.1, 0.15) is 0 Å². The van der Waals surface area contributed by atoms with Gasteiger partial charge in [0.25, 0.3) is 0 Å². The van der Waals surface area contributed by atoms with Crippen molar-refractivity contribution < 1.29 is 23.1 Å². The minimum Gasteiger partial charge on any atom is -0.475 e. The Balaban J connectivity index is 0. The van der Waals surface area contributed by atoms with Crippen LogP contribution in [0.2, 0.25) is 0 Å². The van der Waals surface area contributed by atoms with E-state index < -0.39 is 12.1 Å². The molecule has 6 heteroatoms. The second-order valence-electron chi connectivity index (χ2n) is 12.2. The van der Waals surface area contributed by atoms with Crippen LogP contribution in [0.4, 0.5) is 13.2 Å². The van der Waals surface area contributed by atoms with Crippen molar-refractivity contribution in [3.05, 3.63) is 0 Å². The largest absolute Gasteiger partial charge is 0.490 e. The molecule has 0 aromatic rings. The Hall–Kier alpha value is -0.310. The molecule has 0 aromatic carbocycles. The summed E-state index contributed by atoms with van der Waals surface area (Å²) in [7, 11) is 3.49. The van der Waals surface area contributed by atoms with Gasteiger partial charge in [-0.2, -0.15) is 13.2 Å². The van der Waals surface area contributed by atoms with E-state index in [-0.39, 0.29) is 0 Å². The van der Waals surface area contributed by atoms with Crippen molar-refractivity contribution in [1.29, 1.82) is 0 Å². The summed E-state index contributed by atoms with van der Waals surface area (Å²) in [4.78, 5) is 8.90. The molecule has 0 heterocycles. The first kappa shape index (κ1) is 41.8. The van der Waals surface area contributed by atoms with Crippen molar-refractivity contribution in [2.75, 3.05) is 0 Å². The fraction of sp³-hybridized carbons (Fsp3) is 0.971. The number of aliphatic carboxylic acids is 1. The summed E-state index contributed by atoms with van der Waals surface area (Å²) in [6, 6.07) is 0. The van der Waals surface area contributed by atoms with E-state index >= 15 is 0 Å². The smallest absolute Gasteiger partial charge is 0.475 e. The number of unbranched alkanes of at least 4 members (excludes halogenated alkanes) is 18. The van der Waals surface area contributed by atoms with Gasteiger partial charge >= 0.3 is 12.1 Å². The monoisotopic (exact) mass is 596 g/mol. The average molecular weight is 597 g/mol. The molecule has 0 rings (SSSR count). The van der Waals surface area contributed by atoms with E-state index in [1.54, 1.807) is 0 Å². The maximum atomic E-state index is 10.6. The Labute approximate surface area is 250 Å². The van der Waals surface area contributed by atoms with Crippen molar-refractivity contribution in [3.63, 3.8) is 0 Å². The molecule has 0 saturated carbocycles. The third kappa shape index (κ3) is 26.6. The minimum absolute atomic E-state index is 0.521. The number of carboxylic acids is 1. The first-order chi connectivity index (χ1) is 19.1. The van der Waals surface area contributed by atoms with Crippen LogP contribution in [0.1, 0.15) is 195 Å². The van der Waals surface area contributed by atoms with Crippen LogP contribution in [0.3, 0.4) is 0 Å². The topological polar surface area (TPSA) is 37.3 Å². The summed E-state index contributed by atoms with van der Waals surface area (Å²) in [5, 5.41) is 7.65. The molecule has 0 radical (unpaired) electrons. The molecule has 1 N–H and O–H groups in total. The Kier molecular flexibility index (Phi) is 30.1. The third-order valence-corrected chi connectivity index (χ3v) is 9.41. The molecular weight excluding hydrogens is 528 g/mol. The Bertz CT molecular complexity index is 528. The molecule has 242 valence electrons. The lowest BCUT2D eigenvalue weighted by Gasteiger charge is -2.39. The lowest BCUT2D eigenvalue weighted by atomic mass is 9.77. The Morgan fingerprint density at radius 3 is 1.10 bits per heavy atom. The van der Waals surface area contributed by atoms with E-state index in [9.17, 15) is 13.2 Å². The van der Waals surface area contributed by atoms with Crippen LogP contribution in [-0.2, 0) is 4.79 Å². The van der Waals surface area contributed by atoms with Crippen LogP contribution < -0.4 is 0 Å². The zero-order valence-electron chi connectivity index (χ0n) is 27.0. The SMILES string of the molecule is CCCCCCCCCCCCC(CCCCCC)C(P)(CCCCCC)CCCCCC.O=C(O)C(F)(F)F. The van der Waals surface area contributed by atoms with Gasteiger partial charge in [0.2, 0.25) is 0 Å². The van der Waals surface area contributed by atoms with Crippen molar-refractivity contribution in [1.82, 2.24) is 0 Å². The number of hydrogen-bond donors (Lipinski definition) is 1. The van der Waals surface area contributed by atoms with E-state index in [4.69, 9.17) is 9.90 Å². The van der Waals surface area contributed by atoms with Gasteiger partial charge in [-0.25, -0.2) is 4.79 Å². The first-order valence-electron chi connectivity index (χ1n) is 17.2. The number of alkyl halides is 3. The third-order valence-electron chi connectivity index (χ3n) is 8.36. The second kappa shape index (κ2) is 28.8. The lowest BCUT2D eigenvalue weighted by molar-refractivity contribution is -0.192. The molecule has 0 fully saturated rings. The van der Waals surface area contributed by atoms with Crippen LogP contribution >= 0.6 is 9.24 Å². The molecule has 0 aliphatic heterocycles. The normalized spacial score (nSPS) is 12.7. The van der Waals surface area contributed by atoms with Gasteiger partial charge in [0, 0.05) is 0 Å². The van der Waals surface area contributed by atoms with E-state index in [0.717, 1.165) is 5.92 Å². The summed E-state index contributed by atoms with van der Waals surface area (Å²) >= 11 is 0. The molecule has 2 atom stereocenters. The van der Waals surface area contributed by atoms with Crippen LogP contribution in [0.15, 0.2) is 0 Å². The molecule has 40 heavy (non-hydrogen) atoms. The highest BCUT2D eigenvalue weighted by Crippen LogP contribution is 2.44. The van der Waals surface area contributed by atoms with Gasteiger partial charge in [-0.05, 0) is 36.8 Å². The number of carbonyl (C=O) groups is 1. The maximum absolute atomic E-state index is 10.6. The van der Waals surface area contributed by atoms with Crippen LogP contribution in [0.5, 0.6) is 0 Å². The van der Waals surface area contributed by atoms with E-state index in [2.05, 4.69) is 36.9 Å². The van der Waals surface area contributed by atoms with Crippen molar-refractivity contribution in [3.8, 4) is 0 Å². The molecule has 0 aliphatic carbocycles. The van der Waals surface area contributed by atoms with Crippen LogP contribution in [0, 0.1) is 5.92 Å². The summed E-state index contributed by atoms with van der Waals surface area (Å²) in [5.74, 6) is -1.82. The molecule has 0 amide bonds. The predicted molar refractivity (Wildman–Crippen MR) is 172 cm³/mol. The molecule has 0 saturated heterocycles. The highest BCUT2D eigenvalue weighted by Gasteiger charge is 2.38. The van der Waals surface area contributed by atoms with Crippen molar-refractivity contribution in [2.24, 2.45) is 5.92 Å². The second-order valence-corrected chi connectivity index (χ2v) is 13.3.